The van der Waals surface area contributed by atoms with Crippen molar-refractivity contribution in [3.63, 3.8) is 0 Å². The number of nitrogens with one attached hydrogen (secondary N) is 1. The van der Waals surface area contributed by atoms with Gasteiger partial charge in [-0.25, -0.2) is 8.42 Å². The molecule has 0 saturated carbocycles. The lowest BCUT2D eigenvalue weighted by Crippen LogP contribution is -2.35. The Labute approximate surface area is 172 Å². The van der Waals surface area contributed by atoms with Crippen LogP contribution in [0.25, 0.3) is 11.1 Å². The maximum Gasteiger partial charge on any atom is 0.211 e. The number of sulfonamides is 1. The number of hydrogen-bond donors (Lipinski definition) is 2. The molecule has 1 radical (unpaired) electrons. The molecule has 6 heteroatoms. The Morgan fingerprint density at radius 1 is 1.14 bits per heavy atom. The fourth-order valence-electron chi connectivity index (χ4n) is 3.81. The van der Waals surface area contributed by atoms with Gasteiger partial charge in [-0.15, -0.1) is 0 Å². The number of hydrogen-bond acceptors (Lipinski definition) is 4. The molecule has 0 fully saturated rings. The second kappa shape index (κ2) is 7.99. The van der Waals surface area contributed by atoms with Crippen molar-refractivity contribution in [1.29, 1.82) is 0 Å². The van der Waals surface area contributed by atoms with Crippen molar-refractivity contribution in [2.45, 2.75) is 19.5 Å². The standard InChI is InChI=1S/C23H24N3O2S/c1-29(27,28)26-13-12-21-19(16-26)8-5-9-23(21)25-20-11-10-18(15-24)22(14-20)17-6-3-2-4-7-17/h3-11,14,25H,12-13,15-16,24H2,1H3. The monoisotopic (exact) mass is 406 g/mol. The molecule has 1 aliphatic heterocycles. The van der Waals surface area contributed by atoms with E-state index in [0.29, 0.717) is 26.1 Å². The number of anilines is 2. The number of nitrogens with two attached hydrogens (primary N) is 1. The molecule has 0 saturated heterocycles. The quantitative estimate of drug-likeness (QED) is 0.678. The van der Waals surface area contributed by atoms with Crippen molar-refractivity contribution in [2.24, 2.45) is 5.73 Å². The van der Waals surface area contributed by atoms with Crippen molar-refractivity contribution in [3.05, 3.63) is 83.4 Å². The molecule has 1 aliphatic rings. The van der Waals surface area contributed by atoms with Crippen molar-refractivity contribution < 1.29 is 8.42 Å². The molecule has 0 amide bonds. The van der Waals surface area contributed by atoms with Gasteiger partial charge in [0.05, 0.1) is 6.26 Å². The molecule has 5 nitrogen and oxygen atoms in total. The molecule has 0 aromatic heterocycles. The molecule has 1 heterocycles. The summed E-state index contributed by atoms with van der Waals surface area (Å²) in [5, 5.41) is 3.53. The van der Waals surface area contributed by atoms with E-state index in [2.05, 4.69) is 23.5 Å². The first-order chi connectivity index (χ1) is 14.0. The van der Waals surface area contributed by atoms with Gasteiger partial charge in [-0.1, -0.05) is 42.5 Å². The molecular formula is C23H24N3O2S. The third-order valence-corrected chi connectivity index (χ3v) is 6.59. The molecular weight excluding hydrogens is 382 g/mol. The lowest BCUT2D eigenvalue weighted by molar-refractivity contribution is 0.395. The summed E-state index contributed by atoms with van der Waals surface area (Å²) in [5.41, 5.74) is 13.4. The average molecular weight is 407 g/mol. The summed E-state index contributed by atoms with van der Waals surface area (Å²) in [7, 11) is -3.19. The first kappa shape index (κ1) is 19.6. The SMILES string of the molecule is CS(=O)(=O)N1CCc2c(cccc2Nc2ccc(CN)c(-c3cc[c]cc3)c2)C1. The maximum atomic E-state index is 11.9. The summed E-state index contributed by atoms with van der Waals surface area (Å²) in [6.45, 7) is 1.39. The highest BCUT2D eigenvalue weighted by molar-refractivity contribution is 7.88. The number of fused-ring (bicyclic) bond motifs is 1. The Balaban J connectivity index is 1.66. The first-order valence-electron chi connectivity index (χ1n) is 9.58. The van der Waals surface area contributed by atoms with Crippen LogP contribution in [-0.2, 0) is 29.5 Å². The Kier molecular flexibility index (Phi) is 5.41. The summed E-state index contributed by atoms with van der Waals surface area (Å²) in [4.78, 5) is 0. The molecule has 0 aliphatic carbocycles. The van der Waals surface area contributed by atoms with Gasteiger partial charge < -0.3 is 11.1 Å². The zero-order valence-electron chi connectivity index (χ0n) is 16.4. The minimum Gasteiger partial charge on any atom is -0.355 e. The van der Waals surface area contributed by atoms with Crippen LogP contribution in [0, 0.1) is 6.07 Å². The van der Waals surface area contributed by atoms with E-state index in [4.69, 9.17) is 5.73 Å². The van der Waals surface area contributed by atoms with Crippen LogP contribution in [0.1, 0.15) is 16.7 Å². The third kappa shape index (κ3) is 4.19. The van der Waals surface area contributed by atoms with Crippen molar-refractivity contribution >= 4 is 21.4 Å². The van der Waals surface area contributed by atoms with Gasteiger partial charge in [0.2, 0.25) is 10.0 Å². The van der Waals surface area contributed by atoms with Crippen LogP contribution in [0.3, 0.4) is 0 Å². The lowest BCUT2D eigenvalue weighted by Gasteiger charge is -2.28. The molecule has 4 rings (SSSR count). The van der Waals surface area contributed by atoms with Crippen molar-refractivity contribution in [3.8, 4) is 11.1 Å². The molecule has 3 N–H and O–H groups in total. The van der Waals surface area contributed by atoms with Gasteiger partial charge in [-0.2, -0.15) is 4.31 Å². The first-order valence-corrected chi connectivity index (χ1v) is 11.4. The van der Waals surface area contributed by atoms with Crippen LogP contribution in [-0.4, -0.2) is 25.5 Å². The topological polar surface area (TPSA) is 75.4 Å². The van der Waals surface area contributed by atoms with E-state index < -0.39 is 10.0 Å². The van der Waals surface area contributed by atoms with Crippen LogP contribution in [0.4, 0.5) is 11.4 Å². The number of rotatable bonds is 5. The largest absolute Gasteiger partial charge is 0.355 e. The minimum absolute atomic E-state index is 0.418. The van der Waals surface area contributed by atoms with Crippen LogP contribution in [0.15, 0.2) is 60.7 Å². The fourth-order valence-corrected chi connectivity index (χ4v) is 4.60. The van der Waals surface area contributed by atoms with Gasteiger partial charge in [0.25, 0.3) is 0 Å². The summed E-state index contributed by atoms with van der Waals surface area (Å²) in [6, 6.07) is 23.1. The Hall–Kier alpha value is -2.67. The Bertz CT molecular complexity index is 1130. The van der Waals surface area contributed by atoms with Crippen LogP contribution < -0.4 is 11.1 Å². The highest BCUT2D eigenvalue weighted by atomic mass is 32.2. The molecule has 3 aromatic rings. The summed E-state index contributed by atoms with van der Waals surface area (Å²) in [6.07, 6.45) is 1.95. The minimum atomic E-state index is -3.19. The normalized spacial score (nSPS) is 14.4. The predicted octanol–water partition coefficient (Wildman–Crippen LogP) is 3.67. The summed E-state index contributed by atoms with van der Waals surface area (Å²) < 4.78 is 25.3. The Morgan fingerprint density at radius 2 is 1.93 bits per heavy atom. The van der Waals surface area contributed by atoms with Crippen LogP contribution in [0.2, 0.25) is 0 Å². The second-order valence-electron chi connectivity index (χ2n) is 7.28. The predicted molar refractivity (Wildman–Crippen MR) is 117 cm³/mol. The zero-order valence-corrected chi connectivity index (χ0v) is 17.2. The molecule has 149 valence electrons. The number of nitrogens with zero attached hydrogens (tertiary/aromatic N) is 1. The molecule has 0 unspecified atom stereocenters. The van der Waals surface area contributed by atoms with Gasteiger partial charge in [-0.05, 0) is 58.5 Å². The fraction of sp³-hybridized carbons (Fsp3) is 0.217. The van der Waals surface area contributed by atoms with Gasteiger partial charge in [0.15, 0.2) is 0 Å². The van der Waals surface area contributed by atoms with Crippen molar-refractivity contribution in [1.82, 2.24) is 4.31 Å². The van der Waals surface area contributed by atoms with E-state index in [1.165, 1.54) is 16.1 Å². The van der Waals surface area contributed by atoms with E-state index in [0.717, 1.165) is 33.6 Å². The Morgan fingerprint density at radius 3 is 2.66 bits per heavy atom. The lowest BCUT2D eigenvalue weighted by atomic mass is 9.97. The molecule has 0 atom stereocenters. The van der Waals surface area contributed by atoms with Crippen LogP contribution >= 0.6 is 0 Å². The van der Waals surface area contributed by atoms with E-state index in [1.54, 1.807) is 0 Å². The highest BCUT2D eigenvalue weighted by Crippen LogP contribution is 2.32. The molecule has 29 heavy (non-hydrogen) atoms. The average Bonchev–Trinajstić information content (AvgIpc) is 2.73. The van der Waals surface area contributed by atoms with E-state index in [1.807, 2.05) is 48.5 Å². The third-order valence-electron chi connectivity index (χ3n) is 5.34. The van der Waals surface area contributed by atoms with E-state index >= 15 is 0 Å². The maximum absolute atomic E-state index is 11.9. The van der Waals surface area contributed by atoms with Gasteiger partial charge in [0, 0.05) is 31.0 Å². The summed E-state index contributed by atoms with van der Waals surface area (Å²) >= 11 is 0. The molecule has 0 bridgehead atoms. The summed E-state index contributed by atoms with van der Waals surface area (Å²) in [5.74, 6) is 0. The van der Waals surface area contributed by atoms with Gasteiger partial charge >= 0.3 is 0 Å². The van der Waals surface area contributed by atoms with E-state index in [-0.39, 0.29) is 0 Å². The van der Waals surface area contributed by atoms with Crippen LogP contribution in [0.5, 0.6) is 0 Å². The molecule has 0 spiro atoms. The smallest absolute Gasteiger partial charge is 0.211 e. The highest BCUT2D eigenvalue weighted by Gasteiger charge is 2.24. The zero-order chi connectivity index (χ0) is 20.4. The number of benzene rings is 3. The molecule has 3 aromatic carbocycles. The van der Waals surface area contributed by atoms with Gasteiger partial charge in [-0.3, -0.25) is 0 Å². The van der Waals surface area contributed by atoms with Crippen molar-refractivity contribution in [2.75, 3.05) is 18.1 Å². The van der Waals surface area contributed by atoms with Gasteiger partial charge in [0.1, 0.15) is 0 Å². The second-order valence-corrected chi connectivity index (χ2v) is 9.26. The van der Waals surface area contributed by atoms with E-state index in [9.17, 15) is 8.42 Å².